The number of nitrogens with zero attached hydrogens (tertiary/aromatic N) is 4. The molecular formula is C25H33F4N5OS. The van der Waals surface area contributed by atoms with Crippen LogP contribution in [0.1, 0.15) is 65.5 Å². The molecule has 1 aliphatic carbocycles. The number of fused-ring (bicyclic) bond motifs is 1. The molecule has 11 heteroatoms. The average molecular weight is 528 g/mol. The summed E-state index contributed by atoms with van der Waals surface area (Å²) in [6.45, 7) is 4.00. The van der Waals surface area contributed by atoms with Crippen molar-refractivity contribution in [3.05, 3.63) is 39.1 Å². The Balaban J connectivity index is 1.19. The summed E-state index contributed by atoms with van der Waals surface area (Å²) < 4.78 is 53.1. The number of nitrogens with one attached hydrogen (secondary N) is 1. The van der Waals surface area contributed by atoms with Crippen LogP contribution in [0.25, 0.3) is 0 Å². The number of alkyl halides is 4. The second-order valence-electron chi connectivity index (χ2n) is 10.00. The van der Waals surface area contributed by atoms with E-state index in [1.807, 2.05) is 13.0 Å². The van der Waals surface area contributed by atoms with Gasteiger partial charge in [-0.3, -0.25) is 9.78 Å². The van der Waals surface area contributed by atoms with Gasteiger partial charge in [-0.25, -0.2) is 4.39 Å². The summed E-state index contributed by atoms with van der Waals surface area (Å²) in [5.41, 5.74) is 1.18. The highest BCUT2D eigenvalue weighted by atomic mass is 32.1. The molecule has 1 saturated carbocycles. The molecule has 0 unspecified atom stereocenters. The molecule has 4 rings (SSSR count). The third-order valence-electron chi connectivity index (χ3n) is 7.16. The van der Waals surface area contributed by atoms with E-state index in [4.69, 9.17) is 0 Å². The van der Waals surface area contributed by atoms with Crippen LogP contribution in [-0.4, -0.2) is 63.5 Å². The highest BCUT2D eigenvalue weighted by Crippen LogP contribution is 2.35. The van der Waals surface area contributed by atoms with E-state index in [0.29, 0.717) is 55.8 Å². The normalized spacial score (nSPS) is 23.2. The Labute approximate surface area is 212 Å². The van der Waals surface area contributed by atoms with E-state index in [-0.39, 0.29) is 24.8 Å². The van der Waals surface area contributed by atoms with E-state index in [1.165, 1.54) is 11.3 Å². The molecule has 36 heavy (non-hydrogen) atoms. The van der Waals surface area contributed by atoms with E-state index in [9.17, 15) is 18.0 Å². The number of hydrogen-bond acceptors (Lipinski definition) is 6. The summed E-state index contributed by atoms with van der Waals surface area (Å²) in [6.07, 6.45) is -0.984. The zero-order valence-electron chi connectivity index (χ0n) is 20.5. The summed E-state index contributed by atoms with van der Waals surface area (Å²) in [6, 6.07) is 3.58. The molecule has 198 valence electrons. The van der Waals surface area contributed by atoms with Crippen LogP contribution in [0.2, 0.25) is 0 Å². The van der Waals surface area contributed by atoms with E-state index in [1.54, 1.807) is 6.07 Å². The summed E-state index contributed by atoms with van der Waals surface area (Å²) in [7, 11) is 0. The number of halogens is 4. The molecule has 3 heterocycles. The maximum Gasteiger partial charge on any atom is 0.389 e. The number of aryl methyl sites for hydroxylation is 2. The van der Waals surface area contributed by atoms with Crippen LogP contribution in [0.5, 0.6) is 0 Å². The molecule has 0 saturated heterocycles. The van der Waals surface area contributed by atoms with E-state index in [0.717, 1.165) is 35.8 Å². The van der Waals surface area contributed by atoms with Gasteiger partial charge in [0.15, 0.2) is 0 Å². The summed E-state index contributed by atoms with van der Waals surface area (Å²) in [5.74, 6) is -0.0955. The fraction of sp³-hybridized carbons (Fsp3) is 0.680. The Kier molecular flexibility index (Phi) is 8.59. The third kappa shape index (κ3) is 7.93. The van der Waals surface area contributed by atoms with Crippen molar-refractivity contribution in [1.82, 2.24) is 25.4 Å². The lowest BCUT2D eigenvalue weighted by atomic mass is 9.81. The lowest BCUT2D eigenvalue weighted by Gasteiger charge is -2.35. The fourth-order valence-electron chi connectivity index (χ4n) is 5.02. The standard InChI is InChI=1S/C25H33F4N5OS/c1-17-32-33-23(36-17)16-22(35)31-20-4-9-24(26,10-5-20)12-15-34-13-7-18-2-3-19(6-11-25(27,28)29)30-21(18)8-14-34/h2-3,20H,4-16H2,1H3,(H,31,35). The number of carbonyl (C=O) groups excluding carboxylic acids is 1. The highest BCUT2D eigenvalue weighted by Gasteiger charge is 2.36. The maximum absolute atomic E-state index is 15.5. The zero-order valence-corrected chi connectivity index (χ0v) is 21.4. The maximum atomic E-state index is 15.5. The van der Waals surface area contributed by atoms with Crippen LogP contribution < -0.4 is 5.32 Å². The van der Waals surface area contributed by atoms with Crippen molar-refractivity contribution in [2.75, 3.05) is 19.6 Å². The van der Waals surface area contributed by atoms with Crippen molar-refractivity contribution < 1.29 is 22.4 Å². The number of hydrogen-bond donors (Lipinski definition) is 1. The van der Waals surface area contributed by atoms with Gasteiger partial charge in [0.2, 0.25) is 5.91 Å². The molecule has 0 atom stereocenters. The van der Waals surface area contributed by atoms with Crippen LogP contribution in [-0.2, 0) is 30.5 Å². The minimum atomic E-state index is -4.18. The molecule has 1 fully saturated rings. The fourth-order valence-corrected chi connectivity index (χ4v) is 5.73. The first kappa shape index (κ1) is 26.9. The third-order valence-corrected chi connectivity index (χ3v) is 7.99. The lowest BCUT2D eigenvalue weighted by Crippen LogP contribution is -2.43. The molecule has 0 bridgehead atoms. The van der Waals surface area contributed by atoms with Gasteiger partial charge in [-0.15, -0.1) is 21.5 Å². The van der Waals surface area contributed by atoms with Crippen molar-refractivity contribution >= 4 is 17.2 Å². The summed E-state index contributed by atoms with van der Waals surface area (Å²) in [5, 5.41) is 12.4. The molecule has 1 N–H and O–H groups in total. The van der Waals surface area contributed by atoms with Gasteiger partial charge < -0.3 is 10.2 Å². The number of rotatable bonds is 8. The van der Waals surface area contributed by atoms with Crippen LogP contribution >= 0.6 is 11.3 Å². The molecule has 2 aromatic rings. The Morgan fingerprint density at radius 3 is 2.64 bits per heavy atom. The Hall–Kier alpha value is -2.14. The number of carbonyl (C=O) groups is 1. The Morgan fingerprint density at radius 1 is 1.19 bits per heavy atom. The van der Waals surface area contributed by atoms with Crippen molar-refractivity contribution in [2.24, 2.45) is 0 Å². The van der Waals surface area contributed by atoms with Gasteiger partial charge in [0, 0.05) is 49.9 Å². The van der Waals surface area contributed by atoms with Crippen molar-refractivity contribution in [2.45, 2.75) is 89.0 Å². The first-order chi connectivity index (χ1) is 17.1. The van der Waals surface area contributed by atoms with Crippen LogP contribution in [0.15, 0.2) is 12.1 Å². The molecule has 2 aliphatic rings. The van der Waals surface area contributed by atoms with Crippen molar-refractivity contribution in [3.8, 4) is 0 Å². The van der Waals surface area contributed by atoms with E-state index >= 15 is 4.39 Å². The van der Waals surface area contributed by atoms with Gasteiger partial charge in [0.1, 0.15) is 15.7 Å². The van der Waals surface area contributed by atoms with Crippen LogP contribution in [0.4, 0.5) is 17.6 Å². The minimum absolute atomic E-state index is 0.0132. The van der Waals surface area contributed by atoms with Crippen molar-refractivity contribution in [3.63, 3.8) is 0 Å². The van der Waals surface area contributed by atoms with E-state index in [2.05, 4.69) is 25.4 Å². The quantitative estimate of drug-likeness (QED) is 0.511. The second-order valence-corrected chi connectivity index (χ2v) is 11.3. The molecule has 2 aromatic heterocycles. The summed E-state index contributed by atoms with van der Waals surface area (Å²) >= 11 is 1.41. The minimum Gasteiger partial charge on any atom is -0.353 e. The molecule has 1 amide bonds. The molecule has 0 spiro atoms. The molecule has 0 aromatic carbocycles. The Morgan fingerprint density at radius 2 is 1.94 bits per heavy atom. The topological polar surface area (TPSA) is 71.0 Å². The van der Waals surface area contributed by atoms with Crippen LogP contribution in [0, 0.1) is 6.92 Å². The van der Waals surface area contributed by atoms with Crippen LogP contribution in [0.3, 0.4) is 0 Å². The lowest BCUT2D eigenvalue weighted by molar-refractivity contribution is -0.134. The van der Waals surface area contributed by atoms with Gasteiger partial charge in [0.05, 0.1) is 6.42 Å². The van der Waals surface area contributed by atoms with Gasteiger partial charge in [0.25, 0.3) is 0 Å². The number of aromatic nitrogens is 3. The average Bonchev–Trinajstić information content (AvgIpc) is 3.11. The van der Waals surface area contributed by atoms with Gasteiger partial charge in [-0.05, 0) is 63.5 Å². The smallest absolute Gasteiger partial charge is 0.353 e. The molecule has 6 nitrogen and oxygen atoms in total. The largest absolute Gasteiger partial charge is 0.389 e. The van der Waals surface area contributed by atoms with Gasteiger partial charge in [-0.2, -0.15) is 13.2 Å². The zero-order chi connectivity index (χ0) is 25.8. The highest BCUT2D eigenvalue weighted by molar-refractivity contribution is 7.11. The van der Waals surface area contributed by atoms with Gasteiger partial charge in [-0.1, -0.05) is 6.07 Å². The predicted octanol–water partition coefficient (Wildman–Crippen LogP) is 4.54. The van der Waals surface area contributed by atoms with E-state index < -0.39 is 18.3 Å². The SMILES string of the molecule is Cc1nnc(CC(=O)NC2CCC(F)(CCN3CCc4ccc(CCC(F)(F)F)nc4CC3)CC2)s1. The molecule has 1 aliphatic heterocycles. The first-order valence-corrected chi connectivity index (χ1v) is 13.4. The Bertz CT molecular complexity index is 1040. The summed E-state index contributed by atoms with van der Waals surface area (Å²) in [4.78, 5) is 19.0. The second kappa shape index (κ2) is 11.5. The predicted molar refractivity (Wildman–Crippen MR) is 130 cm³/mol. The number of pyridine rings is 1. The molecular weight excluding hydrogens is 494 g/mol. The van der Waals surface area contributed by atoms with Gasteiger partial charge >= 0.3 is 6.18 Å². The monoisotopic (exact) mass is 527 g/mol. The molecule has 0 radical (unpaired) electrons. The van der Waals surface area contributed by atoms with Crippen molar-refractivity contribution in [1.29, 1.82) is 0 Å². The number of amides is 1. The first-order valence-electron chi connectivity index (χ1n) is 12.6.